The molecule has 2 aromatic carbocycles. The lowest BCUT2D eigenvalue weighted by atomic mass is 10.2. The van der Waals surface area contributed by atoms with Crippen molar-refractivity contribution < 1.29 is 22.7 Å². The molecular formula is C17H14ClN3O5S. The van der Waals surface area contributed by atoms with E-state index >= 15 is 0 Å². The predicted molar refractivity (Wildman–Crippen MR) is 97.5 cm³/mol. The van der Waals surface area contributed by atoms with E-state index in [1.54, 1.807) is 0 Å². The van der Waals surface area contributed by atoms with Gasteiger partial charge in [0.25, 0.3) is 5.91 Å². The molecule has 0 heterocycles. The molecule has 3 N–H and O–H groups in total. The van der Waals surface area contributed by atoms with E-state index in [0.29, 0.717) is 11.3 Å². The molecule has 10 heteroatoms. The maximum absolute atomic E-state index is 12.2. The monoisotopic (exact) mass is 407 g/mol. The van der Waals surface area contributed by atoms with Gasteiger partial charge in [-0.3, -0.25) is 4.79 Å². The number of nitriles is 1. The fraction of sp³-hybridized carbons (Fsp3) is 0.118. The topological polar surface area (TPSA) is 139 Å². The molecule has 0 aliphatic rings. The van der Waals surface area contributed by atoms with Crippen LogP contribution >= 0.6 is 11.6 Å². The molecule has 0 saturated heterocycles. The lowest BCUT2D eigenvalue weighted by Gasteiger charge is -2.14. The summed E-state index contributed by atoms with van der Waals surface area (Å²) in [6, 6.07) is 11.5. The molecule has 0 aliphatic heterocycles. The van der Waals surface area contributed by atoms with E-state index in [4.69, 9.17) is 26.7 Å². The van der Waals surface area contributed by atoms with Crippen molar-refractivity contribution in [3.05, 3.63) is 58.6 Å². The molecule has 1 amide bonds. The fourth-order valence-corrected chi connectivity index (χ4v) is 3.07. The number of nitrogens with zero attached hydrogens (tertiary/aromatic N) is 1. The Labute approximate surface area is 160 Å². The van der Waals surface area contributed by atoms with Gasteiger partial charge < -0.3 is 10.1 Å². The highest BCUT2D eigenvalue weighted by Crippen LogP contribution is 2.22. The van der Waals surface area contributed by atoms with E-state index in [2.05, 4.69) is 5.32 Å². The Morgan fingerprint density at radius 2 is 1.85 bits per heavy atom. The molecule has 140 valence electrons. The summed E-state index contributed by atoms with van der Waals surface area (Å²) < 4.78 is 28.0. The predicted octanol–water partition coefficient (Wildman–Crippen LogP) is 2.04. The van der Waals surface area contributed by atoms with E-state index < -0.39 is 32.9 Å². The minimum Gasteiger partial charge on any atom is -0.449 e. The Kier molecular flexibility index (Phi) is 6.17. The van der Waals surface area contributed by atoms with E-state index in [1.165, 1.54) is 43.3 Å². The van der Waals surface area contributed by atoms with Crippen LogP contribution in [0.4, 0.5) is 5.69 Å². The van der Waals surface area contributed by atoms with Crippen molar-refractivity contribution in [3.63, 3.8) is 0 Å². The lowest BCUT2D eigenvalue weighted by Crippen LogP contribution is -2.30. The number of anilines is 1. The average molecular weight is 408 g/mol. The zero-order valence-corrected chi connectivity index (χ0v) is 15.5. The van der Waals surface area contributed by atoms with Crippen molar-refractivity contribution in [1.82, 2.24) is 0 Å². The van der Waals surface area contributed by atoms with Crippen LogP contribution in [0.15, 0.2) is 47.4 Å². The maximum Gasteiger partial charge on any atom is 0.338 e. The van der Waals surface area contributed by atoms with Gasteiger partial charge in [-0.2, -0.15) is 5.26 Å². The summed E-state index contributed by atoms with van der Waals surface area (Å²) in [5.74, 6) is -1.52. The third kappa shape index (κ3) is 5.27. The highest BCUT2D eigenvalue weighted by molar-refractivity contribution is 7.89. The second-order valence-electron chi connectivity index (χ2n) is 5.42. The first-order valence-corrected chi connectivity index (χ1v) is 9.38. The molecule has 0 aromatic heterocycles. The lowest BCUT2D eigenvalue weighted by molar-refractivity contribution is -0.123. The van der Waals surface area contributed by atoms with Gasteiger partial charge in [0.15, 0.2) is 6.10 Å². The highest BCUT2D eigenvalue weighted by Gasteiger charge is 2.21. The van der Waals surface area contributed by atoms with Crippen LogP contribution in [-0.4, -0.2) is 26.4 Å². The average Bonchev–Trinajstić information content (AvgIpc) is 2.61. The summed E-state index contributed by atoms with van der Waals surface area (Å²) in [5.41, 5.74) is 0.729. The fourth-order valence-electron chi connectivity index (χ4n) is 2.00. The summed E-state index contributed by atoms with van der Waals surface area (Å²) in [4.78, 5) is 23.9. The Morgan fingerprint density at radius 1 is 1.22 bits per heavy atom. The van der Waals surface area contributed by atoms with Gasteiger partial charge >= 0.3 is 5.97 Å². The van der Waals surface area contributed by atoms with Crippen LogP contribution in [-0.2, 0) is 19.6 Å². The zero-order valence-electron chi connectivity index (χ0n) is 14.0. The Balaban J connectivity index is 2.08. The smallest absolute Gasteiger partial charge is 0.338 e. The molecule has 0 radical (unpaired) electrons. The van der Waals surface area contributed by atoms with Gasteiger partial charge in [0.2, 0.25) is 10.0 Å². The highest BCUT2D eigenvalue weighted by atomic mass is 35.5. The van der Waals surface area contributed by atoms with Crippen LogP contribution in [0, 0.1) is 11.3 Å². The van der Waals surface area contributed by atoms with Gasteiger partial charge in [-0.05, 0) is 49.4 Å². The van der Waals surface area contributed by atoms with E-state index in [-0.39, 0.29) is 10.6 Å². The Bertz CT molecular complexity index is 1030. The molecule has 0 unspecified atom stereocenters. The number of nitrogens with two attached hydrogens (primary N) is 1. The van der Waals surface area contributed by atoms with E-state index in [1.807, 2.05) is 6.07 Å². The third-order valence-electron chi connectivity index (χ3n) is 3.41. The molecule has 0 bridgehead atoms. The van der Waals surface area contributed by atoms with Crippen molar-refractivity contribution in [1.29, 1.82) is 5.26 Å². The molecule has 1 atom stereocenters. The van der Waals surface area contributed by atoms with Gasteiger partial charge in [-0.1, -0.05) is 11.6 Å². The van der Waals surface area contributed by atoms with Crippen molar-refractivity contribution >= 4 is 39.2 Å². The van der Waals surface area contributed by atoms with Gasteiger partial charge in [0.1, 0.15) is 4.90 Å². The van der Waals surface area contributed by atoms with E-state index in [9.17, 15) is 18.0 Å². The second-order valence-corrected chi connectivity index (χ2v) is 7.35. The molecule has 0 saturated carbocycles. The number of primary sulfonamides is 1. The first kappa shape index (κ1) is 20.4. The van der Waals surface area contributed by atoms with Gasteiger partial charge in [0, 0.05) is 5.69 Å². The molecule has 8 nitrogen and oxygen atoms in total. The number of benzene rings is 2. The summed E-state index contributed by atoms with van der Waals surface area (Å²) in [5, 5.41) is 16.2. The van der Waals surface area contributed by atoms with Crippen LogP contribution in [0.2, 0.25) is 5.02 Å². The number of carbonyl (C=O) groups excluding carboxylic acids is 2. The molecule has 0 fully saturated rings. The van der Waals surface area contributed by atoms with Crippen molar-refractivity contribution in [2.24, 2.45) is 5.14 Å². The molecule has 2 aromatic rings. The minimum atomic E-state index is -4.12. The number of amides is 1. The number of rotatable bonds is 5. The van der Waals surface area contributed by atoms with Crippen LogP contribution in [0.5, 0.6) is 0 Å². The van der Waals surface area contributed by atoms with Crippen molar-refractivity contribution in [2.45, 2.75) is 17.9 Å². The van der Waals surface area contributed by atoms with Crippen LogP contribution in [0.3, 0.4) is 0 Å². The Morgan fingerprint density at radius 3 is 2.41 bits per heavy atom. The molecule has 2 rings (SSSR count). The zero-order chi connectivity index (χ0) is 20.2. The second kappa shape index (κ2) is 8.18. The molecule has 0 aliphatic carbocycles. The first-order chi connectivity index (χ1) is 12.6. The third-order valence-corrected chi connectivity index (χ3v) is 4.80. The van der Waals surface area contributed by atoms with Gasteiger partial charge in [-0.15, -0.1) is 0 Å². The molecular weight excluding hydrogens is 394 g/mol. The van der Waals surface area contributed by atoms with Crippen LogP contribution < -0.4 is 10.5 Å². The number of halogens is 1. The normalized spacial score (nSPS) is 11.9. The summed E-state index contributed by atoms with van der Waals surface area (Å²) in [6.07, 6.45) is -1.17. The quantitative estimate of drug-likeness (QED) is 0.727. The first-order valence-electron chi connectivity index (χ1n) is 7.46. The molecule has 27 heavy (non-hydrogen) atoms. The van der Waals surface area contributed by atoms with Gasteiger partial charge in [0.05, 0.1) is 22.2 Å². The largest absolute Gasteiger partial charge is 0.449 e. The van der Waals surface area contributed by atoms with Crippen molar-refractivity contribution in [3.8, 4) is 6.07 Å². The number of hydrogen-bond acceptors (Lipinski definition) is 6. The summed E-state index contributed by atoms with van der Waals surface area (Å²) in [7, 11) is -4.12. The standard InChI is InChI=1S/C17H14ClN3O5S/c1-10(16(22)21-13-5-2-11(9-19)3-6-13)26-17(23)12-4-7-14(18)15(8-12)27(20,24)25/h2-8,10H,1H3,(H,21,22)(H2,20,24,25)/t10-/m1/s1. The number of hydrogen-bond donors (Lipinski definition) is 2. The number of ether oxygens (including phenoxy) is 1. The van der Waals surface area contributed by atoms with Gasteiger partial charge in [-0.25, -0.2) is 18.4 Å². The van der Waals surface area contributed by atoms with Crippen molar-refractivity contribution in [2.75, 3.05) is 5.32 Å². The Hall–Kier alpha value is -2.93. The minimum absolute atomic E-state index is 0.124. The van der Waals surface area contributed by atoms with Crippen LogP contribution in [0.25, 0.3) is 0 Å². The van der Waals surface area contributed by atoms with E-state index in [0.717, 1.165) is 6.07 Å². The number of esters is 1. The molecule has 0 spiro atoms. The van der Waals surface area contributed by atoms with Crippen LogP contribution in [0.1, 0.15) is 22.8 Å². The summed E-state index contributed by atoms with van der Waals surface area (Å²) in [6.45, 7) is 1.35. The SMILES string of the molecule is C[C@@H](OC(=O)c1ccc(Cl)c(S(N)(=O)=O)c1)C(=O)Nc1ccc(C#N)cc1. The number of carbonyl (C=O) groups is 2. The number of nitrogens with one attached hydrogen (secondary N) is 1. The summed E-state index contributed by atoms with van der Waals surface area (Å²) >= 11 is 5.76. The maximum atomic E-state index is 12.2. The number of sulfonamides is 1.